The second-order valence-corrected chi connectivity index (χ2v) is 7.01. The number of aryl methyl sites for hydroxylation is 1. The minimum absolute atomic E-state index is 0.145. The first-order chi connectivity index (χ1) is 12.0. The normalized spacial score (nSPS) is 14.2. The SMILES string of the molecule is Cc1noc2nc(C3CC3)cc(C(=O)Nc3ccccc3C(C)C)c12. The molecule has 1 N–H and O–H groups in total. The lowest BCUT2D eigenvalue weighted by molar-refractivity contribution is 0.102. The van der Waals surface area contributed by atoms with Crippen molar-refractivity contribution < 1.29 is 9.32 Å². The average molecular weight is 335 g/mol. The molecule has 1 aliphatic rings. The molecule has 0 saturated heterocycles. The molecule has 0 radical (unpaired) electrons. The molecule has 128 valence electrons. The molecule has 1 aromatic carbocycles. The first kappa shape index (κ1) is 15.8. The highest BCUT2D eigenvalue weighted by Crippen LogP contribution is 2.40. The van der Waals surface area contributed by atoms with Crippen molar-refractivity contribution in [3.63, 3.8) is 0 Å². The van der Waals surface area contributed by atoms with Gasteiger partial charge < -0.3 is 9.84 Å². The molecule has 25 heavy (non-hydrogen) atoms. The van der Waals surface area contributed by atoms with E-state index in [0.29, 0.717) is 34.2 Å². The maximum absolute atomic E-state index is 13.0. The van der Waals surface area contributed by atoms with Crippen molar-refractivity contribution in [3.8, 4) is 0 Å². The summed E-state index contributed by atoms with van der Waals surface area (Å²) < 4.78 is 5.33. The van der Waals surface area contributed by atoms with Crippen LogP contribution in [0.25, 0.3) is 11.1 Å². The standard InChI is InChI=1S/C20H21N3O2/c1-11(2)14-6-4-5-7-16(14)21-19(24)15-10-17(13-8-9-13)22-20-18(15)12(3)23-25-20/h4-7,10-11,13H,8-9H2,1-3H3,(H,21,24). The van der Waals surface area contributed by atoms with Crippen LogP contribution in [0.5, 0.6) is 0 Å². The summed E-state index contributed by atoms with van der Waals surface area (Å²) in [4.78, 5) is 17.6. The summed E-state index contributed by atoms with van der Waals surface area (Å²) in [6.07, 6.45) is 2.23. The third kappa shape index (κ3) is 2.90. The summed E-state index contributed by atoms with van der Waals surface area (Å²) in [6.45, 7) is 6.07. The number of benzene rings is 1. The van der Waals surface area contributed by atoms with Gasteiger partial charge in [-0.2, -0.15) is 0 Å². The first-order valence-electron chi connectivity index (χ1n) is 8.71. The number of pyridine rings is 1. The molecule has 4 rings (SSSR count). The van der Waals surface area contributed by atoms with E-state index in [1.807, 2.05) is 37.3 Å². The molecule has 1 fully saturated rings. The highest BCUT2D eigenvalue weighted by Gasteiger charge is 2.28. The van der Waals surface area contributed by atoms with Gasteiger partial charge in [0.05, 0.1) is 16.6 Å². The molecule has 0 unspecified atom stereocenters. The lowest BCUT2D eigenvalue weighted by Crippen LogP contribution is -2.15. The van der Waals surface area contributed by atoms with E-state index in [-0.39, 0.29) is 5.91 Å². The van der Waals surface area contributed by atoms with E-state index in [1.165, 1.54) is 0 Å². The van der Waals surface area contributed by atoms with Gasteiger partial charge in [-0.3, -0.25) is 4.79 Å². The van der Waals surface area contributed by atoms with Crippen LogP contribution < -0.4 is 5.32 Å². The van der Waals surface area contributed by atoms with Crippen LogP contribution in [0.1, 0.15) is 65.8 Å². The lowest BCUT2D eigenvalue weighted by Gasteiger charge is -2.14. The molecular weight excluding hydrogens is 314 g/mol. The van der Waals surface area contributed by atoms with Crippen molar-refractivity contribution in [2.45, 2.75) is 45.4 Å². The van der Waals surface area contributed by atoms with Crippen LogP contribution in [0.15, 0.2) is 34.9 Å². The Morgan fingerprint density at radius 2 is 2.04 bits per heavy atom. The fraction of sp³-hybridized carbons (Fsp3) is 0.350. The van der Waals surface area contributed by atoms with Crippen LogP contribution in [-0.4, -0.2) is 16.0 Å². The van der Waals surface area contributed by atoms with Gasteiger partial charge in [0.25, 0.3) is 11.6 Å². The molecule has 5 heteroatoms. The van der Waals surface area contributed by atoms with Gasteiger partial charge in [0, 0.05) is 17.3 Å². The Kier molecular flexibility index (Phi) is 3.79. The van der Waals surface area contributed by atoms with Crippen LogP contribution in [-0.2, 0) is 0 Å². The second kappa shape index (κ2) is 5.99. The van der Waals surface area contributed by atoms with Gasteiger partial charge in [-0.05, 0) is 43.4 Å². The largest absolute Gasteiger partial charge is 0.336 e. The smallest absolute Gasteiger partial charge is 0.259 e. The molecular formula is C20H21N3O2. The maximum Gasteiger partial charge on any atom is 0.259 e. The van der Waals surface area contributed by atoms with Crippen molar-refractivity contribution in [3.05, 3.63) is 52.8 Å². The molecule has 1 saturated carbocycles. The predicted molar refractivity (Wildman–Crippen MR) is 97.0 cm³/mol. The number of amides is 1. The molecule has 0 atom stereocenters. The number of anilines is 1. The number of hydrogen-bond acceptors (Lipinski definition) is 4. The topological polar surface area (TPSA) is 68.0 Å². The third-order valence-electron chi connectivity index (χ3n) is 4.71. The minimum Gasteiger partial charge on any atom is -0.336 e. The maximum atomic E-state index is 13.0. The van der Waals surface area contributed by atoms with E-state index in [1.54, 1.807) is 0 Å². The van der Waals surface area contributed by atoms with Gasteiger partial charge in [0.1, 0.15) is 0 Å². The third-order valence-corrected chi connectivity index (χ3v) is 4.71. The van der Waals surface area contributed by atoms with Crippen molar-refractivity contribution in [2.24, 2.45) is 0 Å². The number of nitrogens with zero attached hydrogens (tertiary/aromatic N) is 2. The Balaban J connectivity index is 1.76. The van der Waals surface area contributed by atoms with Crippen LogP contribution >= 0.6 is 0 Å². The Labute approximate surface area is 146 Å². The summed E-state index contributed by atoms with van der Waals surface area (Å²) in [6, 6.07) is 9.81. The van der Waals surface area contributed by atoms with Crippen LogP contribution in [0, 0.1) is 6.92 Å². The zero-order chi connectivity index (χ0) is 17.6. The first-order valence-corrected chi connectivity index (χ1v) is 8.71. The summed E-state index contributed by atoms with van der Waals surface area (Å²) >= 11 is 0. The van der Waals surface area contributed by atoms with Crippen LogP contribution in [0.3, 0.4) is 0 Å². The van der Waals surface area contributed by atoms with E-state index in [9.17, 15) is 4.79 Å². The summed E-state index contributed by atoms with van der Waals surface area (Å²) in [5, 5.41) is 7.76. The zero-order valence-electron chi connectivity index (χ0n) is 14.7. The molecule has 5 nitrogen and oxygen atoms in total. The van der Waals surface area contributed by atoms with Gasteiger partial charge >= 0.3 is 0 Å². The number of nitrogens with one attached hydrogen (secondary N) is 1. The number of carbonyl (C=O) groups excluding carboxylic acids is 1. The quantitative estimate of drug-likeness (QED) is 0.744. The van der Waals surface area contributed by atoms with Crippen molar-refractivity contribution in [2.75, 3.05) is 5.32 Å². The molecule has 2 aromatic heterocycles. The van der Waals surface area contributed by atoms with E-state index < -0.39 is 0 Å². The highest BCUT2D eigenvalue weighted by atomic mass is 16.5. The molecule has 0 bridgehead atoms. The van der Waals surface area contributed by atoms with Crippen molar-refractivity contribution in [1.82, 2.24) is 10.1 Å². The van der Waals surface area contributed by atoms with Gasteiger partial charge in [0.2, 0.25) is 0 Å². The molecule has 3 aromatic rings. The Morgan fingerprint density at radius 3 is 2.76 bits per heavy atom. The number of aromatic nitrogens is 2. The molecule has 1 amide bonds. The molecule has 2 heterocycles. The van der Waals surface area contributed by atoms with E-state index >= 15 is 0 Å². The van der Waals surface area contributed by atoms with E-state index in [4.69, 9.17) is 4.52 Å². The van der Waals surface area contributed by atoms with E-state index in [2.05, 4.69) is 29.3 Å². The number of hydrogen-bond donors (Lipinski definition) is 1. The number of carbonyl (C=O) groups is 1. The predicted octanol–water partition coefficient (Wildman–Crippen LogP) is 4.78. The van der Waals surface area contributed by atoms with Crippen molar-refractivity contribution >= 4 is 22.7 Å². The average Bonchev–Trinajstić information content (AvgIpc) is 3.38. The number of fused-ring (bicyclic) bond motifs is 1. The Bertz CT molecular complexity index is 955. The van der Waals surface area contributed by atoms with Crippen molar-refractivity contribution in [1.29, 1.82) is 0 Å². The monoisotopic (exact) mass is 335 g/mol. The molecule has 0 spiro atoms. The number of para-hydroxylation sites is 1. The fourth-order valence-electron chi connectivity index (χ4n) is 3.18. The van der Waals surface area contributed by atoms with Gasteiger partial charge in [-0.15, -0.1) is 0 Å². The second-order valence-electron chi connectivity index (χ2n) is 7.01. The Morgan fingerprint density at radius 1 is 1.28 bits per heavy atom. The highest BCUT2D eigenvalue weighted by molar-refractivity contribution is 6.12. The van der Waals surface area contributed by atoms with Crippen LogP contribution in [0.2, 0.25) is 0 Å². The molecule has 0 aliphatic heterocycles. The van der Waals surface area contributed by atoms with Gasteiger partial charge in [-0.1, -0.05) is 37.2 Å². The Hall–Kier alpha value is -2.69. The van der Waals surface area contributed by atoms with Gasteiger partial charge in [-0.25, -0.2) is 4.98 Å². The summed E-state index contributed by atoms with van der Waals surface area (Å²) in [7, 11) is 0. The van der Waals surface area contributed by atoms with Crippen LogP contribution in [0.4, 0.5) is 5.69 Å². The lowest BCUT2D eigenvalue weighted by atomic mass is 10.0. The minimum atomic E-state index is -0.145. The zero-order valence-corrected chi connectivity index (χ0v) is 14.7. The van der Waals surface area contributed by atoms with E-state index in [0.717, 1.165) is 29.8 Å². The fourth-order valence-corrected chi connectivity index (χ4v) is 3.18. The summed E-state index contributed by atoms with van der Waals surface area (Å²) in [5.74, 6) is 0.617. The number of rotatable bonds is 4. The van der Waals surface area contributed by atoms with Gasteiger partial charge in [0.15, 0.2) is 0 Å². The summed E-state index contributed by atoms with van der Waals surface area (Å²) in [5.41, 5.74) is 4.60. The molecule has 1 aliphatic carbocycles.